The summed E-state index contributed by atoms with van der Waals surface area (Å²) >= 11 is 0. The van der Waals surface area contributed by atoms with E-state index in [4.69, 9.17) is 9.31 Å². The number of allylic oxidation sites excluding steroid dienone is 2. The van der Waals surface area contributed by atoms with Crippen molar-refractivity contribution < 1.29 is 9.31 Å². The molecule has 3 heteroatoms. The van der Waals surface area contributed by atoms with Crippen LogP contribution in [-0.2, 0) is 9.31 Å². The van der Waals surface area contributed by atoms with Gasteiger partial charge in [0.15, 0.2) is 0 Å². The van der Waals surface area contributed by atoms with Gasteiger partial charge in [-0.1, -0.05) is 33.8 Å². The van der Waals surface area contributed by atoms with E-state index in [-0.39, 0.29) is 18.3 Å². The van der Waals surface area contributed by atoms with Crippen LogP contribution in [0, 0.1) is 0 Å². The Morgan fingerprint density at radius 2 is 1.41 bits per heavy atom. The summed E-state index contributed by atoms with van der Waals surface area (Å²) in [6.07, 6.45) is 8.75. The SMILES string of the molecule is CCC1(CC)OB(C2=CCC2)OC1(CC)CC. The monoisotopic (exact) mass is 236 g/mol. The average molecular weight is 236 g/mol. The molecule has 2 rings (SSSR count). The van der Waals surface area contributed by atoms with Crippen molar-refractivity contribution in [3.05, 3.63) is 11.5 Å². The molecule has 96 valence electrons. The van der Waals surface area contributed by atoms with Gasteiger partial charge >= 0.3 is 7.12 Å². The largest absolute Gasteiger partial charge is 0.490 e. The molecule has 0 aromatic heterocycles. The average Bonchev–Trinajstić information content (AvgIpc) is 2.62. The molecule has 0 aromatic rings. The van der Waals surface area contributed by atoms with Crippen LogP contribution in [0.4, 0.5) is 0 Å². The fourth-order valence-corrected chi connectivity index (χ4v) is 3.45. The van der Waals surface area contributed by atoms with Gasteiger partial charge in [0.1, 0.15) is 0 Å². The molecule has 0 unspecified atom stereocenters. The van der Waals surface area contributed by atoms with Crippen molar-refractivity contribution in [2.24, 2.45) is 0 Å². The second kappa shape index (κ2) is 4.77. The molecule has 1 saturated heterocycles. The maximum Gasteiger partial charge on any atom is 0.490 e. The van der Waals surface area contributed by atoms with Crippen molar-refractivity contribution in [1.82, 2.24) is 0 Å². The van der Waals surface area contributed by atoms with Crippen LogP contribution in [0.25, 0.3) is 0 Å². The van der Waals surface area contributed by atoms with Crippen molar-refractivity contribution in [3.8, 4) is 0 Å². The van der Waals surface area contributed by atoms with Gasteiger partial charge in [-0.05, 0) is 44.0 Å². The number of hydrogen-bond acceptors (Lipinski definition) is 2. The normalized spacial score (nSPS) is 25.6. The quantitative estimate of drug-likeness (QED) is 0.674. The summed E-state index contributed by atoms with van der Waals surface area (Å²) < 4.78 is 12.7. The minimum Gasteiger partial charge on any atom is -0.399 e. The summed E-state index contributed by atoms with van der Waals surface area (Å²) in [6.45, 7) is 8.91. The smallest absolute Gasteiger partial charge is 0.399 e. The van der Waals surface area contributed by atoms with Gasteiger partial charge in [0.2, 0.25) is 0 Å². The molecular formula is C14H25BO2. The van der Waals surface area contributed by atoms with Gasteiger partial charge in [-0.25, -0.2) is 0 Å². The van der Waals surface area contributed by atoms with E-state index in [0.29, 0.717) is 0 Å². The van der Waals surface area contributed by atoms with E-state index in [0.717, 1.165) is 32.1 Å². The molecule has 0 bridgehead atoms. The molecule has 2 aliphatic rings. The van der Waals surface area contributed by atoms with Gasteiger partial charge < -0.3 is 9.31 Å². The summed E-state index contributed by atoms with van der Waals surface area (Å²) in [5.41, 5.74) is 1.19. The van der Waals surface area contributed by atoms with Crippen molar-refractivity contribution in [1.29, 1.82) is 0 Å². The zero-order valence-corrected chi connectivity index (χ0v) is 11.7. The second-order valence-corrected chi connectivity index (χ2v) is 5.29. The van der Waals surface area contributed by atoms with Gasteiger partial charge in [-0.15, -0.1) is 0 Å². The van der Waals surface area contributed by atoms with Gasteiger partial charge in [0.05, 0.1) is 11.2 Å². The summed E-state index contributed by atoms with van der Waals surface area (Å²) in [4.78, 5) is 0. The lowest BCUT2D eigenvalue weighted by molar-refractivity contribution is -0.0601. The lowest BCUT2D eigenvalue weighted by atomic mass is 9.70. The number of rotatable bonds is 5. The highest BCUT2D eigenvalue weighted by molar-refractivity contribution is 6.55. The standard InChI is InChI=1S/C14H25BO2/c1-5-13(6-2)14(7-3,8-4)17-15(16-13)12-10-9-11-12/h10H,5-9,11H2,1-4H3. The predicted octanol–water partition coefficient (Wildman–Crippen LogP) is 3.90. The Morgan fingerprint density at radius 3 is 1.65 bits per heavy atom. The lowest BCUT2D eigenvalue weighted by Crippen LogP contribution is -2.50. The predicted molar refractivity (Wildman–Crippen MR) is 71.9 cm³/mol. The van der Waals surface area contributed by atoms with Gasteiger partial charge in [-0.2, -0.15) is 0 Å². The van der Waals surface area contributed by atoms with E-state index in [1.807, 2.05) is 0 Å². The van der Waals surface area contributed by atoms with E-state index in [9.17, 15) is 0 Å². The van der Waals surface area contributed by atoms with E-state index < -0.39 is 0 Å². The number of hydrogen-bond donors (Lipinski definition) is 0. The lowest BCUT2D eigenvalue weighted by Gasteiger charge is -2.42. The van der Waals surface area contributed by atoms with Crippen LogP contribution in [0.1, 0.15) is 66.2 Å². The summed E-state index contributed by atoms with van der Waals surface area (Å²) in [7, 11) is -0.0662. The van der Waals surface area contributed by atoms with Gasteiger partial charge in [-0.3, -0.25) is 0 Å². The van der Waals surface area contributed by atoms with E-state index >= 15 is 0 Å². The molecule has 1 heterocycles. The van der Waals surface area contributed by atoms with Crippen LogP contribution in [-0.4, -0.2) is 18.3 Å². The molecule has 0 atom stereocenters. The topological polar surface area (TPSA) is 18.5 Å². The van der Waals surface area contributed by atoms with E-state index in [2.05, 4.69) is 33.8 Å². The third-order valence-electron chi connectivity index (χ3n) is 4.92. The van der Waals surface area contributed by atoms with E-state index in [1.54, 1.807) is 0 Å². The highest BCUT2D eigenvalue weighted by atomic mass is 16.7. The first-order valence-corrected chi connectivity index (χ1v) is 7.21. The molecule has 1 fully saturated rings. The Labute approximate surface area is 106 Å². The summed E-state index contributed by atoms with van der Waals surface area (Å²) in [5, 5.41) is 0. The van der Waals surface area contributed by atoms with Crippen LogP contribution in [0.2, 0.25) is 0 Å². The fourth-order valence-electron chi connectivity index (χ4n) is 3.45. The first-order chi connectivity index (χ1) is 8.17. The summed E-state index contributed by atoms with van der Waals surface area (Å²) in [6, 6.07) is 0. The molecule has 0 spiro atoms. The van der Waals surface area contributed by atoms with Crippen molar-refractivity contribution in [2.45, 2.75) is 77.4 Å². The van der Waals surface area contributed by atoms with Gasteiger partial charge in [0.25, 0.3) is 0 Å². The fraction of sp³-hybridized carbons (Fsp3) is 0.857. The minimum atomic E-state index is -0.0857. The van der Waals surface area contributed by atoms with Crippen LogP contribution in [0.3, 0.4) is 0 Å². The highest BCUT2D eigenvalue weighted by Crippen LogP contribution is 2.49. The second-order valence-electron chi connectivity index (χ2n) is 5.29. The molecule has 1 aliphatic carbocycles. The molecule has 0 N–H and O–H groups in total. The van der Waals surface area contributed by atoms with Gasteiger partial charge in [0, 0.05) is 0 Å². The maximum atomic E-state index is 6.36. The first kappa shape index (κ1) is 13.2. The maximum absolute atomic E-state index is 6.36. The van der Waals surface area contributed by atoms with E-state index in [1.165, 1.54) is 11.9 Å². The molecule has 0 aromatic carbocycles. The molecular weight excluding hydrogens is 211 g/mol. The Bertz CT molecular complexity index is 283. The summed E-state index contributed by atoms with van der Waals surface area (Å²) in [5.74, 6) is 0. The van der Waals surface area contributed by atoms with Crippen LogP contribution in [0.5, 0.6) is 0 Å². The third kappa shape index (κ3) is 1.79. The van der Waals surface area contributed by atoms with Crippen molar-refractivity contribution in [2.75, 3.05) is 0 Å². The molecule has 2 nitrogen and oxygen atoms in total. The zero-order chi connectivity index (χ0) is 12.5. The van der Waals surface area contributed by atoms with Crippen LogP contribution >= 0.6 is 0 Å². The van der Waals surface area contributed by atoms with Crippen LogP contribution < -0.4 is 0 Å². The Balaban J connectivity index is 2.28. The zero-order valence-electron chi connectivity index (χ0n) is 11.7. The minimum absolute atomic E-state index is 0.0662. The highest BCUT2D eigenvalue weighted by Gasteiger charge is 2.59. The van der Waals surface area contributed by atoms with Crippen LogP contribution in [0.15, 0.2) is 11.5 Å². The Kier molecular flexibility index (Phi) is 3.70. The molecule has 1 aliphatic heterocycles. The van der Waals surface area contributed by atoms with Crippen molar-refractivity contribution >= 4 is 7.12 Å². The molecule has 0 radical (unpaired) electrons. The third-order valence-corrected chi connectivity index (χ3v) is 4.92. The molecule has 0 saturated carbocycles. The molecule has 0 amide bonds. The van der Waals surface area contributed by atoms with Crippen molar-refractivity contribution in [3.63, 3.8) is 0 Å². The Hall–Kier alpha value is -0.275. The molecule has 17 heavy (non-hydrogen) atoms. The first-order valence-electron chi connectivity index (χ1n) is 7.21. The Morgan fingerprint density at radius 1 is 1.00 bits per heavy atom.